The fourth-order valence-corrected chi connectivity index (χ4v) is 3.27. The molecule has 0 saturated heterocycles. The van der Waals surface area contributed by atoms with Gasteiger partial charge in [-0.25, -0.2) is 0 Å². The van der Waals surface area contributed by atoms with E-state index in [2.05, 4.69) is 71.8 Å². The highest BCUT2D eigenvalue weighted by molar-refractivity contribution is 7.71. The summed E-state index contributed by atoms with van der Waals surface area (Å²) in [5, 5.41) is 11.3. The van der Waals surface area contributed by atoms with Gasteiger partial charge >= 0.3 is 0 Å². The molecule has 6 heteroatoms. The first-order chi connectivity index (χ1) is 11.4. The molecule has 2 aromatic heterocycles. The van der Waals surface area contributed by atoms with Crippen LogP contribution in [-0.2, 0) is 0 Å². The smallest absolute Gasteiger partial charge is 0.216 e. The van der Waals surface area contributed by atoms with Gasteiger partial charge in [-0.2, -0.15) is 14.9 Å². The fourth-order valence-electron chi connectivity index (χ4n) is 3.05. The maximum atomic E-state index is 5.19. The Hall–Kier alpha value is -2.47. The largest absolute Gasteiger partial charge is 0.317 e. The second-order valence-electron chi connectivity index (χ2n) is 6.03. The molecule has 124 valence electrons. The number of hydrogen-bond donors (Lipinski definition) is 1. The lowest BCUT2D eigenvalue weighted by Crippen LogP contribution is -2.04. The third-order valence-electron chi connectivity index (χ3n) is 4.26. The molecule has 0 aliphatic heterocycles. The predicted octanol–water partition coefficient (Wildman–Crippen LogP) is 4.16. The van der Waals surface area contributed by atoms with Crippen molar-refractivity contribution in [1.29, 1.82) is 0 Å². The maximum absolute atomic E-state index is 5.19. The summed E-state index contributed by atoms with van der Waals surface area (Å²) in [4.78, 5) is 0. The summed E-state index contributed by atoms with van der Waals surface area (Å²) in [5.74, 6) is 0.736. The molecule has 1 N–H and O–H groups in total. The summed E-state index contributed by atoms with van der Waals surface area (Å²) in [6, 6.07) is 8.52. The van der Waals surface area contributed by atoms with Crippen molar-refractivity contribution in [1.82, 2.24) is 19.4 Å². The van der Waals surface area contributed by atoms with Gasteiger partial charge in [0.1, 0.15) is 5.82 Å². The third-order valence-corrected chi connectivity index (χ3v) is 4.52. The van der Waals surface area contributed by atoms with Crippen LogP contribution in [0.25, 0.3) is 5.69 Å². The number of nitrogens with zero attached hydrogens (tertiary/aromatic N) is 4. The molecule has 0 amide bonds. The lowest BCUT2D eigenvalue weighted by Gasteiger charge is -2.15. The van der Waals surface area contributed by atoms with E-state index in [1.165, 1.54) is 22.5 Å². The summed E-state index contributed by atoms with van der Waals surface area (Å²) in [6.07, 6.45) is 1.84. The molecule has 1 aromatic carbocycles. The highest BCUT2D eigenvalue weighted by Crippen LogP contribution is 2.25. The van der Waals surface area contributed by atoms with Crippen molar-refractivity contribution in [2.24, 2.45) is 5.10 Å². The highest BCUT2D eigenvalue weighted by Gasteiger charge is 2.13. The van der Waals surface area contributed by atoms with Crippen LogP contribution in [0.2, 0.25) is 0 Å². The Morgan fingerprint density at radius 1 is 1.12 bits per heavy atom. The number of nitrogens with one attached hydrogen (secondary N) is 1. The number of aryl methyl sites for hydroxylation is 4. The zero-order chi connectivity index (χ0) is 17.4. The van der Waals surface area contributed by atoms with E-state index in [9.17, 15) is 0 Å². The number of benzene rings is 1. The van der Waals surface area contributed by atoms with Gasteiger partial charge in [-0.1, -0.05) is 18.2 Å². The molecule has 0 aliphatic rings. The zero-order valence-electron chi connectivity index (χ0n) is 14.6. The van der Waals surface area contributed by atoms with Gasteiger partial charge in [0.15, 0.2) is 0 Å². The van der Waals surface area contributed by atoms with E-state index in [4.69, 9.17) is 12.2 Å². The van der Waals surface area contributed by atoms with Crippen LogP contribution in [-0.4, -0.2) is 25.7 Å². The maximum Gasteiger partial charge on any atom is 0.216 e. The molecule has 0 unspecified atom stereocenters. The van der Waals surface area contributed by atoms with Gasteiger partial charge in [-0.15, -0.1) is 0 Å². The number of para-hydroxylation sites is 1. The van der Waals surface area contributed by atoms with E-state index in [-0.39, 0.29) is 0 Å². The van der Waals surface area contributed by atoms with Gasteiger partial charge in [-0.05, 0) is 64.0 Å². The van der Waals surface area contributed by atoms with E-state index in [1.807, 2.05) is 13.1 Å². The Kier molecular flexibility index (Phi) is 4.24. The molecule has 0 aliphatic carbocycles. The molecule has 3 rings (SSSR count). The normalized spacial score (nSPS) is 11.5. The first kappa shape index (κ1) is 16.4. The Morgan fingerprint density at radius 3 is 2.38 bits per heavy atom. The van der Waals surface area contributed by atoms with Gasteiger partial charge in [0.2, 0.25) is 4.77 Å². The SMILES string of the molecule is Cc1cccc(C)c1-n1c(C)cc(/C=N\n2c(C)n[nH]c2=S)c1C. The molecule has 0 radical (unpaired) electrons. The molecule has 0 atom stereocenters. The summed E-state index contributed by atoms with van der Waals surface area (Å²) < 4.78 is 4.40. The molecule has 24 heavy (non-hydrogen) atoms. The monoisotopic (exact) mass is 339 g/mol. The van der Waals surface area contributed by atoms with Crippen LogP contribution < -0.4 is 0 Å². The number of hydrogen-bond acceptors (Lipinski definition) is 3. The van der Waals surface area contributed by atoms with Crippen molar-refractivity contribution in [2.75, 3.05) is 0 Å². The van der Waals surface area contributed by atoms with Crippen LogP contribution in [0.5, 0.6) is 0 Å². The van der Waals surface area contributed by atoms with E-state index < -0.39 is 0 Å². The van der Waals surface area contributed by atoms with E-state index >= 15 is 0 Å². The van der Waals surface area contributed by atoms with Crippen LogP contribution in [0.15, 0.2) is 29.4 Å². The van der Waals surface area contributed by atoms with Gasteiger partial charge in [0, 0.05) is 17.0 Å². The summed E-state index contributed by atoms with van der Waals surface area (Å²) in [7, 11) is 0. The molecular weight excluding hydrogens is 318 g/mol. The van der Waals surface area contributed by atoms with Crippen LogP contribution in [0.4, 0.5) is 0 Å². The average molecular weight is 339 g/mol. The Balaban J connectivity index is 2.09. The number of aromatic amines is 1. The number of aromatic nitrogens is 4. The van der Waals surface area contributed by atoms with E-state index in [0.29, 0.717) is 4.77 Å². The first-order valence-electron chi connectivity index (χ1n) is 7.84. The zero-order valence-corrected chi connectivity index (χ0v) is 15.4. The molecule has 0 spiro atoms. The molecule has 2 heterocycles. The lowest BCUT2D eigenvalue weighted by atomic mass is 10.1. The predicted molar refractivity (Wildman–Crippen MR) is 99.9 cm³/mol. The highest BCUT2D eigenvalue weighted by atomic mass is 32.1. The quantitative estimate of drug-likeness (QED) is 0.575. The van der Waals surface area contributed by atoms with Crippen molar-refractivity contribution >= 4 is 18.4 Å². The average Bonchev–Trinajstić information content (AvgIpc) is 2.98. The standard InChI is InChI=1S/C18H21N5S/c1-11-7-6-8-12(2)17(11)22-13(3)9-16(14(22)4)10-19-23-15(5)20-21-18(23)24/h6-10H,1-5H3,(H,21,24)/b19-10-. The van der Waals surface area contributed by atoms with Crippen molar-refractivity contribution in [2.45, 2.75) is 34.6 Å². The van der Waals surface area contributed by atoms with Crippen molar-refractivity contribution in [3.63, 3.8) is 0 Å². The second-order valence-corrected chi connectivity index (χ2v) is 6.42. The van der Waals surface area contributed by atoms with E-state index in [0.717, 1.165) is 17.1 Å². The molecule has 5 nitrogen and oxygen atoms in total. The summed E-state index contributed by atoms with van der Waals surface area (Å²) in [6.45, 7) is 10.4. The number of H-pyrrole nitrogens is 1. The van der Waals surface area contributed by atoms with Gasteiger partial charge in [0.25, 0.3) is 0 Å². The second kappa shape index (κ2) is 6.20. The van der Waals surface area contributed by atoms with Crippen LogP contribution >= 0.6 is 12.2 Å². The molecular formula is C18H21N5S. The summed E-state index contributed by atoms with van der Waals surface area (Å²) in [5.41, 5.74) is 7.16. The van der Waals surface area contributed by atoms with Crippen LogP contribution in [0.3, 0.4) is 0 Å². The fraction of sp³-hybridized carbons (Fsp3) is 0.278. The number of rotatable bonds is 3. The minimum Gasteiger partial charge on any atom is -0.317 e. The molecule has 3 aromatic rings. The molecule has 0 bridgehead atoms. The molecule has 0 fully saturated rings. The Bertz CT molecular complexity index is 967. The minimum absolute atomic E-state index is 0.493. The van der Waals surface area contributed by atoms with Crippen LogP contribution in [0.1, 0.15) is 33.9 Å². The van der Waals surface area contributed by atoms with Crippen LogP contribution in [0, 0.1) is 39.4 Å². The Labute approximate surface area is 146 Å². The lowest BCUT2D eigenvalue weighted by molar-refractivity contribution is 0.820. The molecule has 0 saturated carbocycles. The Morgan fingerprint density at radius 2 is 1.79 bits per heavy atom. The first-order valence-corrected chi connectivity index (χ1v) is 8.25. The van der Waals surface area contributed by atoms with Crippen molar-refractivity contribution in [3.8, 4) is 5.69 Å². The van der Waals surface area contributed by atoms with Crippen molar-refractivity contribution < 1.29 is 0 Å². The topological polar surface area (TPSA) is 50.9 Å². The van der Waals surface area contributed by atoms with Gasteiger partial charge in [-0.3, -0.25) is 5.10 Å². The minimum atomic E-state index is 0.493. The third kappa shape index (κ3) is 2.73. The van der Waals surface area contributed by atoms with E-state index in [1.54, 1.807) is 4.68 Å². The van der Waals surface area contributed by atoms with Crippen molar-refractivity contribution in [3.05, 3.63) is 62.9 Å². The van der Waals surface area contributed by atoms with Gasteiger partial charge < -0.3 is 4.57 Å². The van der Waals surface area contributed by atoms with Gasteiger partial charge in [0.05, 0.1) is 11.9 Å². The summed E-state index contributed by atoms with van der Waals surface area (Å²) >= 11 is 5.19.